The molecule has 0 saturated heterocycles. The lowest BCUT2D eigenvalue weighted by molar-refractivity contribution is -0.274. The van der Waals surface area contributed by atoms with E-state index in [0.29, 0.717) is 36.0 Å². The SMILES string of the molecule is CCCC(N)=O.Cc1c(C(=O)O)nc(-c2ccc(OC(F)(F)F)cc2)n1CCC1CCCCC1. The van der Waals surface area contributed by atoms with Gasteiger partial charge in [-0.3, -0.25) is 4.79 Å². The maximum atomic E-state index is 12.3. The number of carboxylic acid groups (broad SMARTS) is 1. The second kappa shape index (κ2) is 12.4. The Balaban J connectivity index is 0.000000604. The van der Waals surface area contributed by atoms with E-state index in [2.05, 4.69) is 9.72 Å². The topological polar surface area (TPSA) is 107 Å². The summed E-state index contributed by atoms with van der Waals surface area (Å²) in [6, 6.07) is 5.34. The number of ether oxygens (including phenoxy) is 1. The minimum Gasteiger partial charge on any atom is -0.476 e. The fourth-order valence-corrected chi connectivity index (χ4v) is 4.07. The van der Waals surface area contributed by atoms with Crippen LogP contribution in [0.4, 0.5) is 13.2 Å². The van der Waals surface area contributed by atoms with Crippen molar-refractivity contribution in [3.63, 3.8) is 0 Å². The number of benzene rings is 1. The monoisotopic (exact) mass is 483 g/mol. The molecule has 1 amide bonds. The van der Waals surface area contributed by atoms with Gasteiger partial charge in [-0.05, 0) is 49.9 Å². The summed E-state index contributed by atoms with van der Waals surface area (Å²) in [7, 11) is 0. The molecule has 1 fully saturated rings. The van der Waals surface area contributed by atoms with Gasteiger partial charge in [-0.15, -0.1) is 13.2 Å². The second-order valence-electron chi connectivity index (χ2n) is 8.41. The summed E-state index contributed by atoms with van der Waals surface area (Å²) in [6.07, 6.45) is 3.61. The molecule has 10 heteroatoms. The Morgan fingerprint density at radius 3 is 2.26 bits per heavy atom. The molecule has 1 aliphatic carbocycles. The molecule has 3 N–H and O–H groups in total. The average molecular weight is 484 g/mol. The molecule has 7 nitrogen and oxygen atoms in total. The smallest absolute Gasteiger partial charge is 0.476 e. The van der Waals surface area contributed by atoms with E-state index in [-0.39, 0.29) is 17.4 Å². The van der Waals surface area contributed by atoms with Gasteiger partial charge in [0.1, 0.15) is 11.6 Å². The Bertz CT molecular complexity index is 950. The maximum absolute atomic E-state index is 12.3. The van der Waals surface area contributed by atoms with Crippen LogP contribution in [0.3, 0.4) is 0 Å². The quantitative estimate of drug-likeness (QED) is 0.501. The predicted octanol–water partition coefficient (Wildman–Crippen LogP) is 5.70. The minimum absolute atomic E-state index is 0.0331. The predicted molar refractivity (Wildman–Crippen MR) is 121 cm³/mol. The Morgan fingerprint density at radius 2 is 1.79 bits per heavy atom. The molecule has 0 spiro atoms. The van der Waals surface area contributed by atoms with Crippen LogP contribution in [-0.4, -0.2) is 32.9 Å². The van der Waals surface area contributed by atoms with Gasteiger partial charge in [0.15, 0.2) is 5.69 Å². The number of hydrogen-bond acceptors (Lipinski definition) is 4. The first-order valence-corrected chi connectivity index (χ1v) is 11.5. The average Bonchev–Trinajstić information content (AvgIpc) is 3.09. The van der Waals surface area contributed by atoms with E-state index < -0.39 is 12.3 Å². The van der Waals surface area contributed by atoms with Gasteiger partial charge in [-0.2, -0.15) is 0 Å². The molecular weight excluding hydrogens is 451 g/mol. The molecule has 0 bridgehead atoms. The summed E-state index contributed by atoms with van der Waals surface area (Å²) in [6.45, 7) is 4.26. The van der Waals surface area contributed by atoms with Gasteiger partial charge >= 0.3 is 12.3 Å². The molecule has 2 aromatic rings. The van der Waals surface area contributed by atoms with Crippen LogP contribution in [0.15, 0.2) is 24.3 Å². The number of carbonyl (C=O) groups excluding carboxylic acids is 1. The molecule has 0 unspecified atom stereocenters. The van der Waals surface area contributed by atoms with Crippen LogP contribution in [0, 0.1) is 12.8 Å². The zero-order valence-corrected chi connectivity index (χ0v) is 19.5. The number of amides is 1. The van der Waals surface area contributed by atoms with Crippen molar-refractivity contribution in [3.8, 4) is 17.1 Å². The lowest BCUT2D eigenvalue weighted by Crippen LogP contribution is -2.17. The molecule has 1 aromatic heterocycles. The highest BCUT2D eigenvalue weighted by molar-refractivity contribution is 5.87. The molecule has 0 aliphatic heterocycles. The first-order valence-electron chi connectivity index (χ1n) is 11.5. The summed E-state index contributed by atoms with van der Waals surface area (Å²) in [5.74, 6) is -0.597. The lowest BCUT2D eigenvalue weighted by Gasteiger charge is -2.22. The van der Waals surface area contributed by atoms with Crippen molar-refractivity contribution >= 4 is 11.9 Å². The second-order valence-corrected chi connectivity index (χ2v) is 8.41. The van der Waals surface area contributed by atoms with Crippen LogP contribution in [0.2, 0.25) is 0 Å². The fraction of sp³-hybridized carbons (Fsp3) is 0.542. The van der Waals surface area contributed by atoms with Gasteiger partial charge < -0.3 is 20.1 Å². The molecule has 1 saturated carbocycles. The van der Waals surface area contributed by atoms with E-state index in [0.717, 1.165) is 12.8 Å². The summed E-state index contributed by atoms with van der Waals surface area (Å²) >= 11 is 0. The van der Waals surface area contributed by atoms with E-state index in [9.17, 15) is 27.9 Å². The van der Waals surface area contributed by atoms with Crippen molar-refractivity contribution in [2.24, 2.45) is 11.7 Å². The highest BCUT2D eigenvalue weighted by Gasteiger charge is 2.31. The van der Waals surface area contributed by atoms with E-state index in [1.54, 1.807) is 6.92 Å². The summed E-state index contributed by atoms with van der Waals surface area (Å²) in [4.78, 5) is 25.6. The standard InChI is InChI=1S/C20H23F3N2O3.C4H9NO/c1-13-17(19(26)27)24-18(25(13)12-11-14-5-3-2-4-6-14)15-7-9-16(10-8-15)28-20(21,22)23;1-2-3-4(5)6/h7-10,14H,2-6,11-12H2,1H3,(H,26,27);2-3H2,1H3,(H2,5,6). The van der Waals surface area contributed by atoms with E-state index in [1.807, 2.05) is 11.5 Å². The van der Waals surface area contributed by atoms with Crippen LogP contribution in [-0.2, 0) is 11.3 Å². The van der Waals surface area contributed by atoms with Crippen molar-refractivity contribution in [3.05, 3.63) is 35.7 Å². The van der Waals surface area contributed by atoms with Gasteiger partial charge in [0.2, 0.25) is 5.91 Å². The highest BCUT2D eigenvalue weighted by Crippen LogP contribution is 2.30. The zero-order chi connectivity index (χ0) is 25.3. The number of hydrogen-bond donors (Lipinski definition) is 2. The Hall–Kier alpha value is -3.04. The molecule has 0 atom stereocenters. The Morgan fingerprint density at radius 1 is 1.18 bits per heavy atom. The van der Waals surface area contributed by atoms with E-state index >= 15 is 0 Å². The highest BCUT2D eigenvalue weighted by atomic mass is 19.4. The van der Waals surface area contributed by atoms with Crippen LogP contribution < -0.4 is 10.5 Å². The molecule has 188 valence electrons. The number of carbonyl (C=O) groups is 2. The first-order chi connectivity index (χ1) is 16.0. The number of rotatable bonds is 8. The number of nitrogens with zero attached hydrogens (tertiary/aromatic N) is 2. The largest absolute Gasteiger partial charge is 0.573 e. The van der Waals surface area contributed by atoms with Crippen molar-refractivity contribution in [2.45, 2.75) is 78.1 Å². The summed E-state index contributed by atoms with van der Waals surface area (Å²) in [5.41, 5.74) is 5.83. The van der Waals surface area contributed by atoms with Crippen molar-refractivity contribution in [1.82, 2.24) is 9.55 Å². The fourth-order valence-electron chi connectivity index (χ4n) is 4.07. The number of imidazole rings is 1. The zero-order valence-electron chi connectivity index (χ0n) is 19.5. The molecule has 34 heavy (non-hydrogen) atoms. The molecule has 0 radical (unpaired) electrons. The summed E-state index contributed by atoms with van der Waals surface area (Å²) < 4.78 is 42.8. The van der Waals surface area contributed by atoms with Crippen molar-refractivity contribution in [1.29, 1.82) is 0 Å². The molecular formula is C24H32F3N3O4. The van der Waals surface area contributed by atoms with Crippen molar-refractivity contribution < 1.29 is 32.6 Å². The van der Waals surface area contributed by atoms with Gasteiger partial charge in [0, 0.05) is 24.2 Å². The summed E-state index contributed by atoms with van der Waals surface area (Å²) in [5, 5.41) is 9.42. The number of aromatic nitrogens is 2. The van der Waals surface area contributed by atoms with Crippen molar-refractivity contribution in [2.75, 3.05) is 0 Å². The molecule has 1 aromatic carbocycles. The molecule has 1 heterocycles. The number of carboxylic acids is 1. The van der Waals surface area contributed by atoms with E-state index in [1.165, 1.54) is 56.4 Å². The number of nitrogens with two attached hydrogens (primary N) is 1. The number of alkyl halides is 3. The third-order valence-corrected chi connectivity index (χ3v) is 5.75. The third kappa shape index (κ3) is 8.39. The van der Waals surface area contributed by atoms with E-state index in [4.69, 9.17) is 5.73 Å². The van der Waals surface area contributed by atoms with Gasteiger partial charge in [0.25, 0.3) is 0 Å². The third-order valence-electron chi connectivity index (χ3n) is 5.75. The molecule has 3 rings (SSSR count). The Labute approximate surface area is 197 Å². The Kier molecular flexibility index (Phi) is 9.95. The van der Waals surface area contributed by atoms with Crippen LogP contribution in [0.1, 0.15) is 74.5 Å². The minimum atomic E-state index is -4.76. The number of aromatic carboxylic acids is 1. The normalized spacial score (nSPS) is 14.3. The molecule has 1 aliphatic rings. The first kappa shape index (κ1) is 27.2. The van der Waals surface area contributed by atoms with Gasteiger partial charge in [-0.1, -0.05) is 39.0 Å². The van der Waals surface area contributed by atoms with Gasteiger partial charge in [0.05, 0.1) is 0 Å². The van der Waals surface area contributed by atoms with Crippen LogP contribution in [0.25, 0.3) is 11.4 Å². The van der Waals surface area contributed by atoms with Gasteiger partial charge in [-0.25, -0.2) is 9.78 Å². The lowest BCUT2D eigenvalue weighted by atomic mass is 9.87. The maximum Gasteiger partial charge on any atom is 0.573 e. The number of primary amides is 1. The van der Waals surface area contributed by atoms with Crippen LogP contribution >= 0.6 is 0 Å². The number of halogens is 3. The van der Waals surface area contributed by atoms with Crippen LogP contribution in [0.5, 0.6) is 5.75 Å².